The van der Waals surface area contributed by atoms with E-state index in [1.54, 1.807) is 4.68 Å². The molecule has 1 heterocycles. The first kappa shape index (κ1) is 15.4. The molecule has 1 aliphatic rings. The van der Waals surface area contributed by atoms with Crippen LogP contribution in [0, 0.1) is 5.41 Å². The van der Waals surface area contributed by atoms with E-state index in [-0.39, 0.29) is 11.3 Å². The number of amides is 1. The number of aromatic nitrogens is 2. The minimum Gasteiger partial charge on any atom is -0.350 e. The molecule has 1 saturated carbocycles. The fraction of sp³-hybridized carbons (Fsp3) is 0.733. The summed E-state index contributed by atoms with van der Waals surface area (Å²) in [5.74, 6) is 0.594. The Kier molecular flexibility index (Phi) is 5.08. The summed E-state index contributed by atoms with van der Waals surface area (Å²) < 4.78 is 1.77. The Bertz CT molecular complexity index is 464. The maximum Gasteiger partial charge on any atom is 0.269 e. The molecule has 112 valence electrons. The summed E-state index contributed by atoms with van der Waals surface area (Å²) in [6.07, 6.45) is 5.51. The highest BCUT2D eigenvalue weighted by Gasteiger charge is 2.33. The zero-order valence-corrected chi connectivity index (χ0v) is 13.2. The molecule has 0 unspecified atom stereocenters. The van der Waals surface area contributed by atoms with Gasteiger partial charge in [-0.1, -0.05) is 19.8 Å². The summed E-state index contributed by atoms with van der Waals surface area (Å²) in [5.41, 5.74) is 1.72. The minimum atomic E-state index is -0.0320. The molecule has 1 aliphatic carbocycles. The van der Waals surface area contributed by atoms with Gasteiger partial charge in [-0.2, -0.15) is 5.10 Å². The van der Waals surface area contributed by atoms with Gasteiger partial charge in [0.05, 0.1) is 5.69 Å². The number of aryl methyl sites for hydroxylation is 2. The van der Waals surface area contributed by atoms with Crippen LogP contribution in [0.3, 0.4) is 0 Å². The molecule has 20 heavy (non-hydrogen) atoms. The van der Waals surface area contributed by atoms with Crippen molar-refractivity contribution < 1.29 is 4.79 Å². The van der Waals surface area contributed by atoms with E-state index in [1.807, 2.05) is 19.9 Å². The molecule has 0 aliphatic heterocycles. The summed E-state index contributed by atoms with van der Waals surface area (Å²) >= 11 is 6.11. The third-order valence-corrected chi connectivity index (χ3v) is 4.86. The van der Waals surface area contributed by atoms with E-state index < -0.39 is 0 Å². The lowest BCUT2D eigenvalue weighted by Crippen LogP contribution is -2.37. The van der Waals surface area contributed by atoms with Gasteiger partial charge in [0.15, 0.2) is 0 Å². The lowest BCUT2D eigenvalue weighted by Gasteiger charge is -2.26. The van der Waals surface area contributed by atoms with Gasteiger partial charge in [0.25, 0.3) is 5.91 Å². The van der Waals surface area contributed by atoms with Crippen molar-refractivity contribution in [3.05, 3.63) is 17.5 Å². The first-order valence-corrected chi connectivity index (χ1v) is 8.08. The Morgan fingerprint density at radius 3 is 2.70 bits per heavy atom. The lowest BCUT2D eigenvalue weighted by atomic mass is 9.88. The number of halogens is 1. The van der Waals surface area contributed by atoms with E-state index in [0.29, 0.717) is 24.7 Å². The van der Waals surface area contributed by atoms with Gasteiger partial charge in [-0.3, -0.25) is 9.48 Å². The van der Waals surface area contributed by atoms with Gasteiger partial charge in [-0.05, 0) is 32.3 Å². The van der Waals surface area contributed by atoms with Gasteiger partial charge >= 0.3 is 0 Å². The van der Waals surface area contributed by atoms with Gasteiger partial charge in [-0.25, -0.2) is 0 Å². The van der Waals surface area contributed by atoms with Crippen molar-refractivity contribution in [3.8, 4) is 0 Å². The van der Waals surface area contributed by atoms with E-state index in [2.05, 4.69) is 10.4 Å². The Balaban J connectivity index is 2.02. The number of rotatable bonds is 6. The first-order valence-electron chi connectivity index (χ1n) is 7.55. The number of hydrogen-bond acceptors (Lipinski definition) is 2. The van der Waals surface area contributed by atoms with Crippen LogP contribution in [-0.2, 0) is 13.0 Å². The smallest absolute Gasteiger partial charge is 0.269 e. The summed E-state index contributed by atoms with van der Waals surface area (Å²) in [7, 11) is 0. The zero-order chi connectivity index (χ0) is 14.6. The number of carbonyl (C=O) groups is 1. The highest BCUT2D eigenvalue weighted by molar-refractivity contribution is 6.18. The first-order chi connectivity index (χ1) is 9.64. The van der Waals surface area contributed by atoms with Gasteiger partial charge in [0.1, 0.15) is 5.69 Å². The molecule has 0 atom stereocenters. The van der Waals surface area contributed by atoms with Crippen molar-refractivity contribution in [3.63, 3.8) is 0 Å². The molecular formula is C15H24ClN3O. The molecule has 1 amide bonds. The predicted octanol–water partition coefficient (Wildman–Crippen LogP) is 2.99. The second kappa shape index (κ2) is 6.61. The average molecular weight is 298 g/mol. The van der Waals surface area contributed by atoms with Crippen molar-refractivity contribution in [2.75, 3.05) is 12.4 Å². The van der Waals surface area contributed by atoms with Gasteiger partial charge in [0.2, 0.25) is 0 Å². The van der Waals surface area contributed by atoms with Crippen LogP contribution in [0.2, 0.25) is 0 Å². The summed E-state index contributed by atoms with van der Waals surface area (Å²) in [4.78, 5) is 12.4. The summed E-state index contributed by atoms with van der Waals surface area (Å²) in [6.45, 7) is 5.43. The Morgan fingerprint density at radius 1 is 1.45 bits per heavy atom. The van der Waals surface area contributed by atoms with Crippen molar-refractivity contribution in [1.29, 1.82) is 0 Å². The van der Waals surface area contributed by atoms with Crippen LogP contribution in [0.5, 0.6) is 0 Å². The van der Waals surface area contributed by atoms with Crippen LogP contribution >= 0.6 is 11.6 Å². The van der Waals surface area contributed by atoms with Crippen LogP contribution < -0.4 is 5.32 Å². The lowest BCUT2D eigenvalue weighted by molar-refractivity contribution is 0.0924. The van der Waals surface area contributed by atoms with E-state index in [1.165, 1.54) is 12.8 Å². The van der Waals surface area contributed by atoms with Crippen LogP contribution in [0.1, 0.15) is 55.7 Å². The van der Waals surface area contributed by atoms with E-state index in [0.717, 1.165) is 25.0 Å². The largest absolute Gasteiger partial charge is 0.350 e. The average Bonchev–Trinajstić information content (AvgIpc) is 3.11. The number of carbonyl (C=O) groups excluding carboxylic acids is 1. The number of nitrogens with one attached hydrogen (secondary N) is 1. The molecule has 0 spiro atoms. The molecule has 0 aromatic carbocycles. The second-order valence-corrected chi connectivity index (χ2v) is 5.98. The highest BCUT2D eigenvalue weighted by atomic mass is 35.5. The maximum absolute atomic E-state index is 12.4. The van der Waals surface area contributed by atoms with Gasteiger partial charge < -0.3 is 5.32 Å². The molecule has 0 saturated heterocycles. The molecule has 1 aromatic heterocycles. The van der Waals surface area contributed by atoms with Crippen LogP contribution in [-0.4, -0.2) is 28.1 Å². The monoisotopic (exact) mass is 297 g/mol. The predicted molar refractivity (Wildman–Crippen MR) is 81.2 cm³/mol. The Hall–Kier alpha value is -1.03. The standard InChI is InChI=1S/C15H24ClN3O/c1-3-12-9-13(19(4-2)18-12)14(20)17-11-15(10-16)7-5-6-8-15/h9H,3-8,10-11H2,1-2H3,(H,17,20). The normalized spacial score (nSPS) is 17.4. The van der Waals surface area contributed by atoms with Gasteiger partial charge in [-0.15, -0.1) is 11.6 Å². The van der Waals surface area contributed by atoms with Crippen molar-refractivity contribution >= 4 is 17.5 Å². The molecule has 2 rings (SSSR count). The molecule has 0 radical (unpaired) electrons. The molecule has 0 bridgehead atoms. The third-order valence-electron chi connectivity index (χ3n) is 4.30. The summed E-state index contributed by atoms with van der Waals surface area (Å²) in [6, 6.07) is 1.89. The van der Waals surface area contributed by atoms with Crippen LogP contribution in [0.4, 0.5) is 0 Å². The highest BCUT2D eigenvalue weighted by Crippen LogP contribution is 2.38. The van der Waals surface area contributed by atoms with Crippen molar-refractivity contribution in [1.82, 2.24) is 15.1 Å². The second-order valence-electron chi connectivity index (χ2n) is 5.71. The molecule has 5 heteroatoms. The quantitative estimate of drug-likeness (QED) is 0.821. The van der Waals surface area contributed by atoms with E-state index >= 15 is 0 Å². The van der Waals surface area contributed by atoms with E-state index in [9.17, 15) is 4.79 Å². The Morgan fingerprint density at radius 2 is 2.15 bits per heavy atom. The Labute approximate surface area is 125 Å². The number of nitrogens with zero attached hydrogens (tertiary/aromatic N) is 2. The SMILES string of the molecule is CCc1cc(C(=O)NCC2(CCl)CCCC2)n(CC)n1. The third kappa shape index (κ3) is 3.17. The number of alkyl halides is 1. The van der Waals surface area contributed by atoms with Crippen LogP contribution in [0.25, 0.3) is 0 Å². The van der Waals surface area contributed by atoms with Gasteiger partial charge in [0, 0.05) is 24.4 Å². The van der Waals surface area contributed by atoms with Crippen molar-refractivity contribution in [2.24, 2.45) is 5.41 Å². The molecule has 1 N–H and O–H groups in total. The van der Waals surface area contributed by atoms with Crippen LogP contribution in [0.15, 0.2) is 6.07 Å². The fourth-order valence-corrected chi connectivity index (χ4v) is 3.27. The minimum absolute atomic E-state index is 0.0320. The number of hydrogen-bond donors (Lipinski definition) is 1. The molecule has 1 aromatic rings. The fourth-order valence-electron chi connectivity index (χ4n) is 2.91. The maximum atomic E-state index is 12.4. The topological polar surface area (TPSA) is 46.9 Å². The molecular weight excluding hydrogens is 274 g/mol. The molecule has 4 nitrogen and oxygen atoms in total. The zero-order valence-electron chi connectivity index (χ0n) is 12.4. The van der Waals surface area contributed by atoms with E-state index in [4.69, 9.17) is 11.6 Å². The van der Waals surface area contributed by atoms with Crippen molar-refractivity contribution in [2.45, 2.75) is 52.5 Å². The summed E-state index contributed by atoms with van der Waals surface area (Å²) in [5, 5.41) is 7.48. The molecule has 1 fully saturated rings.